The molecule has 0 aliphatic heterocycles. The van der Waals surface area contributed by atoms with Gasteiger partial charge in [0.2, 0.25) is 5.91 Å². The summed E-state index contributed by atoms with van der Waals surface area (Å²) in [5, 5.41) is 8.72. The highest BCUT2D eigenvalue weighted by atomic mass is 32.1. The summed E-state index contributed by atoms with van der Waals surface area (Å²) in [4.78, 5) is 27.1. The Kier molecular flexibility index (Phi) is 4.35. The molecule has 0 saturated carbocycles. The van der Waals surface area contributed by atoms with Crippen molar-refractivity contribution in [2.75, 3.05) is 5.32 Å². The molecular formula is C15H11N3O3S2. The number of hydrogen-bond acceptors (Lipinski definition) is 6. The maximum atomic E-state index is 11.8. The number of hydrogen-bond donors (Lipinski definition) is 2. The van der Waals surface area contributed by atoms with E-state index in [0.29, 0.717) is 16.6 Å². The summed E-state index contributed by atoms with van der Waals surface area (Å²) in [5.41, 5.74) is 6.94. The molecule has 116 valence electrons. The van der Waals surface area contributed by atoms with Crippen molar-refractivity contribution in [1.82, 2.24) is 4.98 Å². The Hall–Kier alpha value is -2.71. The van der Waals surface area contributed by atoms with E-state index in [1.807, 2.05) is 16.8 Å². The molecule has 0 radical (unpaired) electrons. The van der Waals surface area contributed by atoms with Crippen LogP contribution in [0.2, 0.25) is 0 Å². The highest BCUT2D eigenvalue weighted by Gasteiger charge is 2.12. The lowest BCUT2D eigenvalue weighted by molar-refractivity contribution is -0.111. The minimum Gasteiger partial charge on any atom is -0.462 e. The highest BCUT2D eigenvalue weighted by Crippen LogP contribution is 2.26. The topological polar surface area (TPSA) is 98.2 Å². The quantitative estimate of drug-likeness (QED) is 0.694. The lowest BCUT2D eigenvalue weighted by atomic mass is 10.3. The van der Waals surface area contributed by atoms with Crippen LogP contribution in [-0.4, -0.2) is 16.8 Å². The molecule has 0 saturated heterocycles. The molecule has 0 aliphatic rings. The third kappa shape index (κ3) is 3.74. The molecule has 3 aromatic heterocycles. The monoisotopic (exact) mass is 345 g/mol. The van der Waals surface area contributed by atoms with Gasteiger partial charge in [0.05, 0.1) is 5.56 Å². The van der Waals surface area contributed by atoms with Crippen LogP contribution in [-0.2, 0) is 4.79 Å². The van der Waals surface area contributed by atoms with Gasteiger partial charge in [-0.2, -0.15) is 11.3 Å². The van der Waals surface area contributed by atoms with Crippen LogP contribution < -0.4 is 11.1 Å². The normalized spacial score (nSPS) is 11.0. The number of amides is 2. The van der Waals surface area contributed by atoms with Gasteiger partial charge in [-0.25, -0.2) is 4.98 Å². The summed E-state index contributed by atoms with van der Waals surface area (Å²) >= 11 is 2.83. The zero-order valence-corrected chi connectivity index (χ0v) is 13.3. The van der Waals surface area contributed by atoms with E-state index in [1.165, 1.54) is 29.7 Å². The number of nitrogens with one attached hydrogen (secondary N) is 1. The van der Waals surface area contributed by atoms with Gasteiger partial charge >= 0.3 is 0 Å². The van der Waals surface area contributed by atoms with Crippen molar-refractivity contribution in [2.45, 2.75) is 0 Å². The maximum absolute atomic E-state index is 11.8. The van der Waals surface area contributed by atoms with Crippen LogP contribution in [0, 0.1) is 0 Å². The summed E-state index contributed by atoms with van der Waals surface area (Å²) in [7, 11) is 0. The Morgan fingerprint density at radius 1 is 1.35 bits per heavy atom. The average Bonchev–Trinajstić information content (AvgIpc) is 3.26. The van der Waals surface area contributed by atoms with E-state index in [0.717, 1.165) is 5.56 Å². The number of nitrogens with two attached hydrogens (primary N) is 1. The maximum Gasteiger partial charge on any atom is 0.251 e. The van der Waals surface area contributed by atoms with E-state index in [-0.39, 0.29) is 11.5 Å². The Morgan fingerprint density at radius 3 is 2.91 bits per heavy atom. The standard InChI is InChI=1S/C15H11N3O3S2/c16-14(20)10-5-12(21-6-10)11-8-23-15(17-11)18-13(19)2-1-9-3-4-22-7-9/h1-8H,(H2,16,20)(H,17,18,19)/b2-1-. The third-order valence-corrected chi connectivity index (χ3v) is 4.30. The first-order valence-electron chi connectivity index (χ1n) is 6.47. The molecule has 6 nitrogen and oxygen atoms in total. The lowest BCUT2D eigenvalue weighted by Crippen LogP contribution is -2.09. The van der Waals surface area contributed by atoms with Crippen molar-refractivity contribution >= 4 is 45.7 Å². The van der Waals surface area contributed by atoms with Gasteiger partial charge < -0.3 is 10.2 Å². The number of carbonyl (C=O) groups is 2. The van der Waals surface area contributed by atoms with Gasteiger partial charge in [-0.15, -0.1) is 11.3 Å². The molecule has 8 heteroatoms. The first kappa shape index (κ1) is 15.2. The molecule has 0 unspecified atom stereocenters. The molecule has 3 N–H and O–H groups in total. The van der Waals surface area contributed by atoms with Crippen molar-refractivity contribution < 1.29 is 14.0 Å². The molecule has 0 aliphatic carbocycles. The van der Waals surface area contributed by atoms with Crippen LogP contribution in [0.25, 0.3) is 17.5 Å². The Bertz CT molecular complexity index is 862. The van der Waals surface area contributed by atoms with E-state index in [2.05, 4.69) is 10.3 Å². The number of rotatable bonds is 5. The van der Waals surface area contributed by atoms with Gasteiger partial charge in [-0.3, -0.25) is 14.9 Å². The molecule has 3 heterocycles. The second-order valence-corrected chi connectivity index (χ2v) is 6.12. The van der Waals surface area contributed by atoms with Crippen LogP contribution in [0.5, 0.6) is 0 Å². The van der Waals surface area contributed by atoms with Crippen molar-refractivity contribution in [1.29, 1.82) is 0 Å². The number of nitrogens with zero attached hydrogens (tertiary/aromatic N) is 1. The summed E-state index contributed by atoms with van der Waals surface area (Å²) in [6.07, 6.45) is 4.45. The van der Waals surface area contributed by atoms with Crippen LogP contribution in [0.1, 0.15) is 15.9 Å². The van der Waals surface area contributed by atoms with E-state index in [4.69, 9.17) is 10.2 Å². The summed E-state index contributed by atoms with van der Waals surface area (Å²) in [6, 6.07) is 3.43. The van der Waals surface area contributed by atoms with Crippen molar-refractivity contribution in [3.8, 4) is 11.5 Å². The van der Waals surface area contributed by atoms with Gasteiger partial charge in [0.1, 0.15) is 12.0 Å². The van der Waals surface area contributed by atoms with E-state index >= 15 is 0 Å². The van der Waals surface area contributed by atoms with Crippen LogP contribution in [0.3, 0.4) is 0 Å². The number of anilines is 1. The van der Waals surface area contributed by atoms with E-state index in [1.54, 1.807) is 22.8 Å². The molecule has 2 amide bonds. The second-order valence-electron chi connectivity index (χ2n) is 4.48. The zero-order chi connectivity index (χ0) is 16.2. The molecule has 3 rings (SSSR count). The molecular weight excluding hydrogens is 334 g/mol. The predicted octanol–water partition coefficient (Wildman–Crippen LogP) is 3.22. The number of thiazole rings is 1. The minimum absolute atomic E-state index is 0.269. The van der Waals surface area contributed by atoms with Gasteiger partial charge in [0.25, 0.3) is 5.91 Å². The van der Waals surface area contributed by atoms with Gasteiger partial charge in [0, 0.05) is 11.5 Å². The number of primary amides is 1. The number of aromatic nitrogens is 1. The lowest BCUT2D eigenvalue weighted by Gasteiger charge is -1.95. The Morgan fingerprint density at radius 2 is 2.22 bits per heavy atom. The van der Waals surface area contributed by atoms with E-state index < -0.39 is 5.91 Å². The number of furan rings is 1. The van der Waals surface area contributed by atoms with Crippen LogP contribution >= 0.6 is 22.7 Å². The number of thiophene rings is 1. The summed E-state index contributed by atoms with van der Waals surface area (Å²) < 4.78 is 5.24. The molecule has 0 fully saturated rings. The van der Waals surface area contributed by atoms with E-state index in [9.17, 15) is 9.59 Å². The van der Waals surface area contributed by atoms with Gasteiger partial charge in [-0.1, -0.05) is 0 Å². The fourth-order valence-electron chi connectivity index (χ4n) is 1.73. The van der Waals surface area contributed by atoms with Crippen molar-refractivity contribution in [3.63, 3.8) is 0 Å². The predicted molar refractivity (Wildman–Crippen MR) is 90.3 cm³/mol. The molecule has 0 bridgehead atoms. The Balaban J connectivity index is 1.67. The second kappa shape index (κ2) is 6.59. The summed E-state index contributed by atoms with van der Waals surface area (Å²) in [6.45, 7) is 0. The van der Waals surface area contributed by atoms with Gasteiger partial charge in [0.15, 0.2) is 10.9 Å². The smallest absolute Gasteiger partial charge is 0.251 e. The van der Waals surface area contributed by atoms with Gasteiger partial charge in [-0.05, 0) is 34.5 Å². The first-order valence-corrected chi connectivity index (χ1v) is 8.29. The molecule has 0 spiro atoms. The van der Waals surface area contributed by atoms with Crippen molar-refractivity contribution in [3.05, 3.63) is 51.7 Å². The third-order valence-electron chi connectivity index (χ3n) is 2.84. The largest absolute Gasteiger partial charge is 0.462 e. The Labute approximate surface area is 139 Å². The molecule has 23 heavy (non-hydrogen) atoms. The molecule has 0 atom stereocenters. The molecule has 0 aromatic carbocycles. The van der Waals surface area contributed by atoms with Crippen LogP contribution in [0.15, 0.2) is 45.0 Å². The summed E-state index contributed by atoms with van der Waals surface area (Å²) in [5.74, 6) is -0.416. The zero-order valence-electron chi connectivity index (χ0n) is 11.7. The first-order chi connectivity index (χ1) is 11.1. The number of carbonyl (C=O) groups excluding carboxylic acids is 2. The fourth-order valence-corrected chi connectivity index (χ4v) is 3.06. The highest BCUT2D eigenvalue weighted by molar-refractivity contribution is 7.14. The SMILES string of the molecule is NC(=O)c1coc(-c2csc(NC(=O)/C=C\c3ccsc3)n2)c1. The van der Waals surface area contributed by atoms with Crippen LogP contribution in [0.4, 0.5) is 5.13 Å². The molecule has 3 aromatic rings. The fraction of sp³-hybridized carbons (Fsp3) is 0. The van der Waals surface area contributed by atoms with Crippen molar-refractivity contribution in [2.24, 2.45) is 5.73 Å². The minimum atomic E-state index is -0.567. The average molecular weight is 345 g/mol.